The van der Waals surface area contributed by atoms with Gasteiger partial charge in [0.25, 0.3) is 5.91 Å². The Morgan fingerprint density at radius 1 is 1.17 bits per heavy atom. The molecule has 0 unspecified atom stereocenters. The molecule has 2 aromatic rings. The number of nitrogens with zero attached hydrogens (tertiary/aromatic N) is 1. The summed E-state index contributed by atoms with van der Waals surface area (Å²) in [5.41, 5.74) is 1.42. The number of hydrogen-bond donors (Lipinski definition) is 2. The van der Waals surface area contributed by atoms with Crippen LogP contribution in [0.3, 0.4) is 0 Å². The number of benzene rings is 1. The molecule has 0 aliphatic rings. The van der Waals surface area contributed by atoms with Gasteiger partial charge in [0.1, 0.15) is 0 Å². The summed E-state index contributed by atoms with van der Waals surface area (Å²) < 4.78 is 0. The number of unbranched alkanes of at least 4 members (excludes halogenated alkanes) is 2. The first-order valence-electron chi connectivity index (χ1n) is 8.26. The van der Waals surface area contributed by atoms with Gasteiger partial charge >= 0.3 is 0 Å². The van der Waals surface area contributed by atoms with Gasteiger partial charge in [-0.25, -0.2) is 4.98 Å². The van der Waals surface area contributed by atoms with Crippen molar-refractivity contribution in [3.63, 3.8) is 0 Å². The summed E-state index contributed by atoms with van der Waals surface area (Å²) in [6, 6.07) is 9.02. The average Bonchev–Trinajstić information content (AvgIpc) is 3.05. The molecule has 1 aromatic carbocycles. The zero-order valence-electron chi connectivity index (χ0n) is 13.9. The minimum absolute atomic E-state index is 0.0500. The van der Waals surface area contributed by atoms with Crippen molar-refractivity contribution in [2.24, 2.45) is 0 Å². The van der Waals surface area contributed by atoms with Crippen molar-refractivity contribution in [3.05, 3.63) is 47.0 Å². The highest BCUT2D eigenvalue weighted by atomic mass is 32.1. The van der Waals surface area contributed by atoms with Crippen molar-refractivity contribution in [2.75, 3.05) is 11.9 Å². The van der Waals surface area contributed by atoms with E-state index in [1.807, 2.05) is 23.6 Å². The number of thiazole rings is 1. The van der Waals surface area contributed by atoms with Crippen molar-refractivity contribution < 1.29 is 9.59 Å². The molecule has 1 aromatic heterocycles. The number of aryl methyl sites for hydroxylation is 1. The number of amides is 2. The van der Waals surface area contributed by atoms with E-state index in [9.17, 15) is 9.59 Å². The van der Waals surface area contributed by atoms with Gasteiger partial charge in [-0.05, 0) is 25.0 Å². The van der Waals surface area contributed by atoms with Crippen LogP contribution in [0.4, 0.5) is 5.13 Å². The molecule has 5 nitrogen and oxygen atoms in total. The Kier molecular flexibility index (Phi) is 7.42. The number of nitrogens with one attached hydrogen (secondary N) is 2. The lowest BCUT2D eigenvalue weighted by Gasteiger charge is -2.03. The molecule has 1 heterocycles. The van der Waals surface area contributed by atoms with E-state index in [1.54, 1.807) is 12.1 Å². The monoisotopic (exact) mass is 345 g/mol. The lowest BCUT2D eigenvalue weighted by Crippen LogP contribution is -2.24. The summed E-state index contributed by atoms with van der Waals surface area (Å²) in [5, 5.41) is 8.14. The van der Waals surface area contributed by atoms with Crippen LogP contribution in [0, 0.1) is 0 Å². The van der Waals surface area contributed by atoms with Crippen LogP contribution in [0.25, 0.3) is 0 Å². The van der Waals surface area contributed by atoms with Gasteiger partial charge < -0.3 is 5.32 Å². The molecule has 128 valence electrons. The Morgan fingerprint density at radius 3 is 2.71 bits per heavy atom. The molecular weight excluding hydrogens is 322 g/mol. The van der Waals surface area contributed by atoms with E-state index >= 15 is 0 Å². The Bertz CT molecular complexity index is 655. The van der Waals surface area contributed by atoms with Crippen LogP contribution in [0.5, 0.6) is 0 Å². The molecule has 24 heavy (non-hydrogen) atoms. The second kappa shape index (κ2) is 9.82. The molecule has 0 bridgehead atoms. The summed E-state index contributed by atoms with van der Waals surface area (Å²) in [5.74, 6) is -0.126. The van der Waals surface area contributed by atoms with Gasteiger partial charge in [-0.2, -0.15) is 0 Å². The standard InChI is InChI=1S/C18H23N3O2S/c1-2-3-7-12-19-16(22)11-10-15-13-24-18(20-15)21-17(23)14-8-5-4-6-9-14/h4-6,8-9,13H,2-3,7,10-12H2,1H3,(H,19,22)(H,20,21,23). The van der Waals surface area contributed by atoms with E-state index in [2.05, 4.69) is 22.5 Å². The molecule has 0 radical (unpaired) electrons. The second-order valence-electron chi connectivity index (χ2n) is 5.52. The second-order valence-corrected chi connectivity index (χ2v) is 6.38. The molecule has 0 saturated heterocycles. The van der Waals surface area contributed by atoms with Crippen LogP contribution in [-0.4, -0.2) is 23.3 Å². The molecule has 0 atom stereocenters. The number of carbonyl (C=O) groups is 2. The molecule has 6 heteroatoms. The Hall–Kier alpha value is -2.21. The van der Waals surface area contributed by atoms with E-state index in [0.717, 1.165) is 31.5 Å². The highest BCUT2D eigenvalue weighted by Gasteiger charge is 2.09. The predicted molar refractivity (Wildman–Crippen MR) is 97.4 cm³/mol. The first-order valence-corrected chi connectivity index (χ1v) is 9.14. The van der Waals surface area contributed by atoms with E-state index in [-0.39, 0.29) is 11.8 Å². The summed E-state index contributed by atoms with van der Waals surface area (Å²) >= 11 is 1.37. The highest BCUT2D eigenvalue weighted by molar-refractivity contribution is 7.14. The summed E-state index contributed by atoms with van der Waals surface area (Å²) in [7, 11) is 0. The van der Waals surface area contributed by atoms with Crippen LogP contribution in [0.2, 0.25) is 0 Å². The predicted octanol–water partition coefficient (Wildman–Crippen LogP) is 3.63. The van der Waals surface area contributed by atoms with E-state index in [0.29, 0.717) is 23.5 Å². The van der Waals surface area contributed by atoms with Crippen LogP contribution < -0.4 is 10.6 Å². The number of anilines is 1. The molecule has 0 fully saturated rings. The molecule has 0 aliphatic carbocycles. The molecule has 0 saturated carbocycles. The van der Waals surface area contributed by atoms with Crippen molar-refractivity contribution in [3.8, 4) is 0 Å². The van der Waals surface area contributed by atoms with Gasteiger partial charge in [-0.15, -0.1) is 11.3 Å². The number of carbonyl (C=O) groups excluding carboxylic acids is 2. The number of rotatable bonds is 9. The third kappa shape index (κ3) is 6.12. The van der Waals surface area contributed by atoms with Crippen molar-refractivity contribution in [1.29, 1.82) is 0 Å². The minimum Gasteiger partial charge on any atom is -0.356 e. The molecule has 2 rings (SSSR count). The Balaban J connectivity index is 1.75. The molecular formula is C18H23N3O2S. The molecule has 0 aliphatic heterocycles. The van der Waals surface area contributed by atoms with E-state index in [4.69, 9.17) is 0 Å². The van der Waals surface area contributed by atoms with Gasteiger partial charge in [0, 0.05) is 23.9 Å². The molecule has 2 N–H and O–H groups in total. The topological polar surface area (TPSA) is 71.1 Å². The van der Waals surface area contributed by atoms with Gasteiger partial charge in [-0.1, -0.05) is 38.0 Å². The van der Waals surface area contributed by atoms with E-state index in [1.165, 1.54) is 11.3 Å². The zero-order chi connectivity index (χ0) is 17.2. The van der Waals surface area contributed by atoms with Gasteiger partial charge in [-0.3, -0.25) is 14.9 Å². The first-order chi connectivity index (χ1) is 11.7. The van der Waals surface area contributed by atoms with Crippen LogP contribution in [-0.2, 0) is 11.2 Å². The summed E-state index contributed by atoms with van der Waals surface area (Å²) in [4.78, 5) is 28.2. The van der Waals surface area contributed by atoms with Gasteiger partial charge in [0.05, 0.1) is 5.69 Å². The Morgan fingerprint density at radius 2 is 1.96 bits per heavy atom. The van der Waals surface area contributed by atoms with Gasteiger partial charge in [0.2, 0.25) is 5.91 Å². The summed E-state index contributed by atoms with van der Waals surface area (Å²) in [6.07, 6.45) is 4.30. The maximum Gasteiger partial charge on any atom is 0.257 e. The van der Waals surface area contributed by atoms with Crippen molar-refractivity contribution in [2.45, 2.75) is 39.0 Å². The van der Waals surface area contributed by atoms with Gasteiger partial charge in [0.15, 0.2) is 5.13 Å². The summed E-state index contributed by atoms with van der Waals surface area (Å²) in [6.45, 7) is 2.88. The van der Waals surface area contributed by atoms with Crippen LogP contribution >= 0.6 is 11.3 Å². The fourth-order valence-corrected chi connectivity index (χ4v) is 2.91. The zero-order valence-corrected chi connectivity index (χ0v) is 14.7. The van der Waals surface area contributed by atoms with Crippen LogP contribution in [0.15, 0.2) is 35.7 Å². The molecule has 2 amide bonds. The normalized spacial score (nSPS) is 10.4. The maximum atomic E-state index is 12.1. The maximum absolute atomic E-state index is 12.1. The highest BCUT2D eigenvalue weighted by Crippen LogP contribution is 2.17. The van der Waals surface area contributed by atoms with E-state index < -0.39 is 0 Å². The van der Waals surface area contributed by atoms with Crippen LogP contribution in [0.1, 0.15) is 48.7 Å². The number of hydrogen-bond acceptors (Lipinski definition) is 4. The largest absolute Gasteiger partial charge is 0.356 e. The Labute approximate surface area is 146 Å². The smallest absolute Gasteiger partial charge is 0.257 e. The fourth-order valence-electron chi connectivity index (χ4n) is 2.17. The average molecular weight is 345 g/mol. The van der Waals surface area contributed by atoms with Crippen molar-refractivity contribution in [1.82, 2.24) is 10.3 Å². The first kappa shape index (κ1) is 18.1. The quantitative estimate of drug-likeness (QED) is 0.682. The lowest BCUT2D eigenvalue weighted by atomic mass is 10.2. The minimum atomic E-state index is -0.176. The fraction of sp³-hybridized carbons (Fsp3) is 0.389. The third-order valence-electron chi connectivity index (χ3n) is 3.52. The third-order valence-corrected chi connectivity index (χ3v) is 4.33. The SMILES string of the molecule is CCCCCNC(=O)CCc1csc(NC(=O)c2ccccc2)n1. The molecule has 0 spiro atoms. The lowest BCUT2D eigenvalue weighted by molar-refractivity contribution is -0.121. The van der Waals surface area contributed by atoms with Crippen molar-refractivity contribution >= 4 is 28.3 Å². The number of aromatic nitrogens is 1.